The number of allylic oxidation sites excluding steroid dienone is 2. The number of hydrogen-bond acceptors (Lipinski definition) is 0. The molecule has 0 unspecified atom stereocenters. The summed E-state index contributed by atoms with van der Waals surface area (Å²) >= 11 is 0. The first-order valence-corrected chi connectivity index (χ1v) is 5.40. The molecule has 0 saturated carbocycles. The van der Waals surface area contributed by atoms with Crippen molar-refractivity contribution in [2.24, 2.45) is 0 Å². The summed E-state index contributed by atoms with van der Waals surface area (Å²) in [6.07, 6.45) is 8.31. The van der Waals surface area contributed by atoms with Gasteiger partial charge in [-0.05, 0) is 11.1 Å². The standard InChI is InChI=1S/C16H14.2ClH.Zr/c1-3-9-15(10-4-1)13-7-8-14-16-11-5-2-6-12-16;;;/h1-14H;2*1H;/q;;;+2/p-2. The van der Waals surface area contributed by atoms with Gasteiger partial charge in [-0.2, -0.15) is 0 Å². The fraction of sp³-hybridized carbons (Fsp3) is 0. The normalized spacial score (nSPS) is 9.47. The first kappa shape index (κ1) is 20.7. The molecule has 0 nitrogen and oxygen atoms in total. The van der Waals surface area contributed by atoms with Gasteiger partial charge < -0.3 is 24.8 Å². The predicted molar refractivity (Wildman–Crippen MR) is 71.0 cm³/mol. The van der Waals surface area contributed by atoms with Crippen molar-refractivity contribution in [2.75, 3.05) is 0 Å². The molecule has 2 aromatic carbocycles. The minimum atomic E-state index is 0. The first-order valence-electron chi connectivity index (χ1n) is 5.40. The van der Waals surface area contributed by atoms with Gasteiger partial charge in [0.15, 0.2) is 0 Å². The van der Waals surface area contributed by atoms with Crippen molar-refractivity contribution in [3.8, 4) is 0 Å². The molecule has 0 aliphatic heterocycles. The van der Waals surface area contributed by atoms with E-state index in [1.807, 2.05) is 36.4 Å². The van der Waals surface area contributed by atoms with Crippen molar-refractivity contribution in [3.05, 3.63) is 83.9 Å². The minimum absolute atomic E-state index is 0. The Bertz CT molecular complexity index is 431. The molecule has 0 spiro atoms. The van der Waals surface area contributed by atoms with Crippen molar-refractivity contribution < 1.29 is 51.0 Å². The van der Waals surface area contributed by atoms with Crippen LogP contribution in [0.1, 0.15) is 11.1 Å². The molecule has 0 aliphatic carbocycles. The topological polar surface area (TPSA) is 0 Å². The van der Waals surface area contributed by atoms with Crippen LogP contribution in [0, 0.1) is 0 Å². The molecule has 96 valence electrons. The third-order valence-corrected chi connectivity index (χ3v) is 2.29. The van der Waals surface area contributed by atoms with E-state index in [1.54, 1.807) is 0 Å². The van der Waals surface area contributed by atoms with Crippen LogP contribution in [0.25, 0.3) is 12.2 Å². The van der Waals surface area contributed by atoms with E-state index in [0.29, 0.717) is 0 Å². The van der Waals surface area contributed by atoms with Crippen LogP contribution in [0.15, 0.2) is 72.8 Å². The molecule has 19 heavy (non-hydrogen) atoms. The zero-order chi connectivity index (χ0) is 11.1. The second-order valence-electron chi connectivity index (χ2n) is 3.54. The van der Waals surface area contributed by atoms with E-state index in [2.05, 4.69) is 48.6 Å². The Morgan fingerprint density at radius 1 is 0.526 bits per heavy atom. The molecule has 0 fully saturated rings. The Morgan fingerprint density at radius 2 is 0.842 bits per heavy atom. The Hall–Kier alpha value is -0.617. The molecule has 2 rings (SSSR count). The Morgan fingerprint density at radius 3 is 1.16 bits per heavy atom. The van der Waals surface area contributed by atoms with Gasteiger partial charge in [0, 0.05) is 0 Å². The van der Waals surface area contributed by atoms with Gasteiger partial charge in [0.25, 0.3) is 0 Å². The van der Waals surface area contributed by atoms with E-state index in [1.165, 1.54) is 11.1 Å². The largest absolute Gasteiger partial charge is 2.00 e. The monoisotopic (exact) mass is 366 g/mol. The maximum atomic E-state index is 2.10. The minimum Gasteiger partial charge on any atom is -1.00 e. The van der Waals surface area contributed by atoms with Gasteiger partial charge in [-0.1, -0.05) is 85.0 Å². The average molecular weight is 368 g/mol. The molecule has 0 aromatic heterocycles. The maximum absolute atomic E-state index is 2.10. The van der Waals surface area contributed by atoms with Gasteiger partial charge in [-0.15, -0.1) is 0 Å². The van der Waals surface area contributed by atoms with Crippen LogP contribution in [0.5, 0.6) is 0 Å². The van der Waals surface area contributed by atoms with Crippen LogP contribution in [0.2, 0.25) is 0 Å². The molecule has 0 radical (unpaired) electrons. The van der Waals surface area contributed by atoms with E-state index < -0.39 is 0 Å². The molecule has 0 heterocycles. The summed E-state index contributed by atoms with van der Waals surface area (Å²) in [5, 5.41) is 0. The zero-order valence-electron chi connectivity index (χ0n) is 10.3. The van der Waals surface area contributed by atoms with Crippen molar-refractivity contribution in [1.82, 2.24) is 0 Å². The van der Waals surface area contributed by atoms with Crippen molar-refractivity contribution in [3.63, 3.8) is 0 Å². The molecular formula is C16H14Cl2Zr. The van der Waals surface area contributed by atoms with Crippen LogP contribution in [0.4, 0.5) is 0 Å². The summed E-state index contributed by atoms with van der Waals surface area (Å²) in [7, 11) is 0. The predicted octanol–water partition coefficient (Wildman–Crippen LogP) is -1.58. The quantitative estimate of drug-likeness (QED) is 0.574. The van der Waals surface area contributed by atoms with E-state index >= 15 is 0 Å². The summed E-state index contributed by atoms with van der Waals surface area (Å²) in [5.41, 5.74) is 2.44. The third-order valence-electron chi connectivity index (χ3n) is 2.29. The van der Waals surface area contributed by atoms with E-state index in [9.17, 15) is 0 Å². The summed E-state index contributed by atoms with van der Waals surface area (Å²) in [6.45, 7) is 0. The van der Waals surface area contributed by atoms with Gasteiger partial charge in [0.05, 0.1) is 0 Å². The Kier molecular flexibility index (Phi) is 13.5. The molecule has 0 saturated heterocycles. The zero-order valence-corrected chi connectivity index (χ0v) is 14.3. The number of benzene rings is 2. The van der Waals surface area contributed by atoms with E-state index in [0.717, 1.165) is 0 Å². The Labute approximate surface area is 146 Å². The number of hydrogen-bond donors (Lipinski definition) is 0. The number of halogens is 2. The van der Waals surface area contributed by atoms with Gasteiger partial charge >= 0.3 is 26.2 Å². The Balaban J connectivity index is 0. The van der Waals surface area contributed by atoms with Gasteiger partial charge in [0.2, 0.25) is 0 Å². The van der Waals surface area contributed by atoms with Crippen LogP contribution in [-0.4, -0.2) is 0 Å². The molecule has 0 aliphatic rings. The second kappa shape index (κ2) is 12.4. The van der Waals surface area contributed by atoms with Crippen molar-refractivity contribution in [2.45, 2.75) is 0 Å². The van der Waals surface area contributed by atoms with Gasteiger partial charge in [0.1, 0.15) is 0 Å². The second-order valence-corrected chi connectivity index (χ2v) is 3.54. The van der Waals surface area contributed by atoms with Crippen LogP contribution in [-0.2, 0) is 26.2 Å². The molecule has 0 atom stereocenters. The molecule has 0 bridgehead atoms. The summed E-state index contributed by atoms with van der Waals surface area (Å²) in [5.74, 6) is 0. The average Bonchev–Trinajstić information content (AvgIpc) is 2.37. The SMILES string of the molecule is C(C=Cc1ccccc1)=Cc1ccccc1.[Cl-].[Cl-].[Zr+2]. The molecule has 3 heteroatoms. The van der Waals surface area contributed by atoms with Crippen LogP contribution < -0.4 is 24.8 Å². The molecular weight excluding hydrogens is 354 g/mol. The van der Waals surface area contributed by atoms with Crippen molar-refractivity contribution in [1.29, 1.82) is 0 Å². The van der Waals surface area contributed by atoms with Crippen LogP contribution in [0.3, 0.4) is 0 Å². The first-order chi connectivity index (χ1) is 7.95. The molecule has 0 N–H and O–H groups in total. The summed E-state index contributed by atoms with van der Waals surface area (Å²) in [4.78, 5) is 0. The maximum Gasteiger partial charge on any atom is 2.00 e. The summed E-state index contributed by atoms with van der Waals surface area (Å²) in [6, 6.07) is 20.6. The van der Waals surface area contributed by atoms with Gasteiger partial charge in [-0.3, -0.25) is 0 Å². The smallest absolute Gasteiger partial charge is 1.00 e. The fourth-order valence-electron chi connectivity index (χ4n) is 1.46. The van der Waals surface area contributed by atoms with Crippen LogP contribution >= 0.6 is 0 Å². The molecule has 0 amide bonds. The van der Waals surface area contributed by atoms with E-state index in [4.69, 9.17) is 0 Å². The molecule has 2 aromatic rings. The fourth-order valence-corrected chi connectivity index (χ4v) is 1.46. The summed E-state index contributed by atoms with van der Waals surface area (Å²) < 4.78 is 0. The van der Waals surface area contributed by atoms with E-state index in [-0.39, 0.29) is 51.0 Å². The number of rotatable bonds is 3. The third kappa shape index (κ3) is 8.21. The van der Waals surface area contributed by atoms with Gasteiger partial charge in [-0.25, -0.2) is 0 Å². The van der Waals surface area contributed by atoms with Crippen molar-refractivity contribution >= 4 is 12.2 Å².